The van der Waals surface area contributed by atoms with Crippen LogP contribution in [0.25, 0.3) is 0 Å². The normalized spacial score (nSPS) is 15.5. The van der Waals surface area contributed by atoms with Crippen molar-refractivity contribution >= 4 is 11.7 Å². The number of para-hydroxylation sites is 1. The number of rotatable bonds is 0. The molecule has 1 aliphatic rings. The van der Waals surface area contributed by atoms with Crippen molar-refractivity contribution in [2.24, 2.45) is 0 Å². The van der Waals surface area contributed by atoms with Crippen molar-refractivity contribution in [1.29, 1.82) is 0 Å². The molecule has 4 heteroatoms. The first-order valence-electron chi connectivity index (χ1n) is 3.65. The van der Waals surface area contributed by atoms with Gasteiger partial charge in [0.2, 0.25) is 0 Å². The molecule has 0 unspecified atom stereocenters. The standard InChI is InChI=1S/C8H8N2O2/c11-8-6-3-1-2-4-7(6)9-5-10-12-8/h1-4,9-10H,5H2. The highest BCUT2D eigenvalue weighted by Crippen LogP contribution is 2.16. The van der Waals surface area contributed by atoms with Gasteiger partial charge in [-0.1, -0.05) is 12.1 Å². The van der Waals surface area contributed by atoms with E-state index in [-0.39, 0.29) is 5.97 Å². The molecule has 0 aliphatic carbocycles. The molecule has 1 heterocycles. The fourth-order valence-corrected chi connectivity index (χ4v) is 1.10. The highest BCUT2D eigenvalue weighted by Gasteiger charge is 2.14. The van der Waals surface area contributed by atoms with E-state index >= 15 is 0 Å². The maximum absolute atomic E-state index is 11.2. The van der Waals surface area contributed by atoms with Crippen LogP contribution in [0.15, 0.2) is 24.3 Å². The molecule has 0 radical (unpaired) electrons. The number of nitrogens with one attached hydrogen (secondary N) is 2. The Morgan fingerprint density at radius 1 is 1.33 bits per heavy atom. The molecule has 4 nitrogen and oxygen atoms in total. The smallest absolute Gasteiger partial charge is 0.358 e. The summed E-state index contributed by atoms with van der Waals surface area (Å²) in [6.45, 7) is 0.433. The largest absolute Gasteiger partial charge is 0.369 e. The number of carbonyl (C=O) groups is 1. The minimum atomic E-state index is -0.351. The summed E-state index contributed by atoms with van der Waals surface area (Å²) in [5, 5.41) is 3.00. The van der Waals surface area contributed by atoms with E-state index in [1.807, 2.05) is 12.1 Å². The summed E-state index contributed by atoms with van der Waals surface area (Å²) in [6.07, 6.45) is 0. The molecule has 0 amide bonds. The van der Waals surface area contributed by atoms with Gasteiger partial charge >= 0.3 is 5.97 Å². The van der Waals surface area contributed by atoms with Crippen molar-refractivity contribution in [3.8, 4) is 0 Å². The van der Waals surface area contributed by atoms with Gasteiger partial charge in [-0.25, -0.2) is 4.79 Å². The molecule has 1 aromatic carbocycles. The number of carbonyl (C=O) groups excluding carboxylic acids is 1. The Hall–Kier alpha value is -1.55. The van der Waals surface area contributed by atoms with Gasteiger partial charge in [-0.3, -0.25) is 0 Å². The van der Waals surface area contributed by atoms with Crippen LogP contribution in [0, 0.1) is 0 Å². The number of benzene rings is 1. The lowest BCUT2D eigenvalue weighted by Crippen LogP contribution is -2.21. The molecule has 2 N–H and O–H groups in total. The molecule has 1 aliphatic heterocycles. The zero-order valence-corrected chi connectivity index (χ0v) is 6.33. The molecule has 0 saturated heterocycles. The van der Waals surface area contributed by atoms with Gasteiger partial charge in [0, 0.05) is 5.69 Å². The third-order valence-corrected chi connectivity index (χ3v) is 1.66. The van der Waals surface area contributed by atoms with Gasteiger partial charge < -0.3 is 10.2 Å². The lowest BCUT2D eigenvalue weighted by atomic mass is 10.2. The molecule has 62 valence electrons. The Bertz CT molecular complexity index is 312. The van der Waals surface area contributed by atoms with E-state index in [0.29, 0.717) is 12.2 Å². The quantitative estimate of drug-likeness (QED) is 0.593. The van der Waals surface area contributed by atoms with Gasteiger partial charge in [-0.2, -0.15) is 0 Å². The SMILES string of the molecule is O=C1ONCNc2ccccc21. The summed E-state index contributed by atoms with van der Waals surface area (Å²) in [6, 6.07) is 7.22. The van der Waals surface area contributed by atoms with E-state index in [2.05, 4.69) is 15.6 Å². The molecule has 0 bridgehead atoms. The highest BCUT2D eigenvalue weighted by atomic mass is 16.7. The molecule has 0 fully saturated rings. The first kappa shape index (κ1) is 7.12. The monoisotopic (exact) mass is 164 g/mol. The Morgan fingerprint density at radius 2 is 2.17 bits per heavy atom. The maximum Gasteiger partial charge on any atom is 0.358 e. The Kier molecular flexibility index (Phi) is 1.68. The molecule has 0 atom stereocenters. The van der Waals surface area contributed by atoms with Crippen LogP contribution in [-0.4, -0.2) is 12.6 Å². The minimum Gasteiger partial charge on any atom is -0.369 e. The summed E-state index contributed by atoms with van der Waals surface area (Å²) in [5.41, 5.74) is 3.84. The first-order chi connectivity index (χ1) is 5.88. The van der Waals surface area contributed by atoms with Crippen molar-refractivity contribution in [3.05, 3.63) is 29.8 Å². The van der Waals surface area contributed by atoms with E-state index in [9.17, 15) is 4.79 Å². The number of hydrogen-bond acceptors (Lipinski definition) is 4. The van der Waals surface area contributed by atoms with Crippen molar-refractivity contribution < 1.29 is 9.63 Å². The third kappa shape index (κ3) is 1.12. The van der Waals surface area contributed by atoms with Crippen molar-refractivity contribution in [3.63, 3.8) is 0 Å². The molecule has 0 saturated carbocycles. The molecule has 12 heavy (non-hydrogen) atoms. The van der Waals surface area contributed by atoms with Crippen LogP contribution in [0.2, 0.25) is 0 Å². The number of hydrogen-bond donors (Lipinski definition) is 2. The van der Waals surface area contributed by atoms with Crippen LogP contribution in [-0.2, 0) is 4.84 Å². The zero-order valence-electron chi connectivity index (χ0n) is 6.33. The third-order valence-electron chi connectivity index (χ3n) is 1.66. The lowest BCUT2D eigenvalue weighted by Gasteiger charge is -2.01. The Morgan fingerprint density at radius 3 is 3.08 bits per heavy atom. The van der Waals surface area contributed by atoms with E-state index < -0.39 is 0 Å². The average Bonchev–Trinajstić information content (AvgIpc) is 2.29. The van der Waals surface area contributed by atoms with Crippen LogP contribution in [0.3, 0.4) is 0 Å². The van der Waals surface area contributed by atoms with Gasteiger partial charge in [0.15, 0.2) is 0 Å². The number of hydroxylamine groups is 1. The van der Waals surface area contributed by atoms with Crippen LogP contribution >= 0.6 is 0 Å². The van der Waals surface area contributed by atoms with E-state index in [0.717, 1.165) is 5.69 Å². The van der Waals surface area contributed by atoms with E-state index in [1.54, 1.807) is 12.1 Å². The lowest BCUT2D eigenvalue weighted by molar-refractivity contribution is 0.0284. The molecular formula is C8H8N2O2. The van der Waals surface area contributed by atoms with Crippen LogP contribution in [0.5, 0.6) is 0 Å². The van der Waals surface area contributed by atoms with Crippen LogP contribution in [0.1, 0.15) is 10.4 Å². The van der Waals surface area contributed by atoms with Crippen molar-refractivity contribution in [1.82, 2.24) is 5.48 Å². The summed E-state index contributed by atoms with van der Waals surface area (Å²) in [7, 11) is 0. The highest BCUT2D eigenvalue weighted by molar-refractivity contribution is 5.95. The van der Waals surface area contributed by atoms with Crippen LogP contribution < -0.4 is 10.8 Å². The molecule has 2 rings (SSSR count). The molecular weight excluding hydrogens is 156 g/mol. The predicted octanol–water partition coefficient (Wildman–Crippen LogP) is 0.731. The number of anilines is 1. The van der Waals surface area contributed by atoms with Crippen molar-refractivity contribution in [2.75, 3.05) is 12.0 Å². The topological polar surface area (TPSA) is 50.4 Å². The Labute approximate surface area is 69.5 Å². The fraction of sp³-hybridized carbons (Fsp3) is 0.125. The average molecular weight is 164 g/mol. The maximum atomic E-state index is 11.2. The zero-order chi connectivity index (χ0) is 8.39. The fourth-order valence-electron chi connectivity index (χ4n) is 1.10. The summed E-state index contributed by atoms with van der Waals surface area (Å²) >= 11 is 0. The van der Waals surface area contributed by atoms with Crippen molar-refractivity contribution in [2.45, 2.75) is 0 Å². The molecule has 0 spiro atoms. The van der Waals surface area contributed by atoms with Gasteiger partial charge in [0.05, 0.1) is 12.2 Å². The second kappa shape index (κ2) is 2.83. The van der Waals surface area contributed by atoms with Gasteiger partial charge in [-0.15, -0.1) is 5.48 Å². The summed E-state index contributed by atoms with van der Waals surface area (Å²) in [4.78, 5) is 15.9. The molecule has 0 aromatic heterocycles. The van der Waals surface area contributed by atoms with Gasteiger partial charge in [-0.05, 0) is 12.1 Å². The van der Waals surface area contributed by atoms with E-state index in [1.165, 1.54) is 0 Å². The van der Waals surface area contributed by atoms with Gasteiger partial charge in [0.25, 0.3) is 0 Å². The first-order valence-corrected chi connectivity index (χ1v) is 3.65. The predicted molar refractivity (Wildman–Crippen MR) is 43.5 cm³/mol. The Balaban J connectivity index is 2.46. The molecule has 1 aromatic rings. The van der Waals surface area contributed by atoms with Crippen LogP contribution in [0.4, 0.5) is 5.69 Å². The number of fused-ring (bicyclic) bond motifs is 1. The second-order valence-electron chi connectivity index (χ2n) is 2.43. The summed E-state index contributed by atoms with van der Waals surface area (Å²) in [5.74, 6) is -0.351. The minimum absolute atomic E-state index is 0.351. The van der Waals surface area contributed by atoms with Gasteiger partial charge in [0.1, 0.15) is 0 Å². The summed E-state index contributed by atoms with van der Waals surface area (Å²) < 4.78 is 0. The van der Waals surface area contributed by atoms with E-state index in [4.69, 9.17) is 0 Å². The second-order valence-corrected chi connectivity index (χ2v) is 2.43.